The summed E-state index contributed by atoms with van der Waals surface area (Å²) in [6.07, 6.45) is 2.96. The van der Waals surface area contributed by atoms with Crippen molar-refractivity contribution in [3.8, 4) is 11.5 Å². The summed E-state index contributed by atoms with van der Waals surface area (Å²) in [7, 11) is 3.27. The van der Waals surface area contributed by atoms with E-state index in [1.54, 1.807) is 14.2 Å². The van der Waals surface area contributed by atoms with Gasteiger partial charge in [0.05, 0.1) is 25.3 Å². The molecule has 34 heavy (non-hydrogen) atoms. The standard InChI is InChI=1S/C28H38N2O4/c1-27(2,21-14-7-9-16-23(21)33-5)29-25(31)19-12-11-13-20(18-19)26(32)30-28(3,4)22-15-8-10-17-24(22)34-6/h7-10,14-17,19-20H,11-13,18H2,1-6H3,(H,29,31)(H,30,32). The molecule has 0 saturated heterocycles. The van der Waals surface area contributed by atoms with Gasteiger partial charge in [-0.05, 0) is 59.1 Å². The van der Waals surface area contributed by atoms with E-state index in [0.29, 0.717) is 6.42 Å². The van der Waals surface area contributed by atoms with E-state index in [9.17, 15) is 9.59 Å². The van der Waals surface area contributed by atoms with Crippen LogP contribution in [-0.2, 0) is 20.7 Å². The molecule has 1 aliphatic rings. The molecule has 6 heteroatoms. The molecule has 0 spiro atoms. The normalized spacial score (nSPS) is 18.6. The first-order valence-corrected chi connectivity index (χ1v) is 12.0. The first-order valence-electron chi connectivity index (χ1n) is 12.0. The first kappa shape index (κ1) is 25.6. The summed E-state index contributed by atoms with van der Waals surface area (Å²) in [4.78, 5) is 26.5. The molecule has 1 fully saturated rings. The highest BCUT2D eigenvalue weighted by Crippen LogP contribution is 2.35. The van der Waals surface area contributed by atoms with Gasteiger partial charge >= 0.3 is 0 Å². The fourth-order valence-electron chi connectivity index (χ4n) is 4.94. The van der Waals surface area contributed by atoms with Gasteiger partial charge in [-0.15, -0.1) is 0 Å². The van der Waals surface area contributed by atoms with Gasteiger partial charge in [-0.25, -0.2) is 0 Å². The lowest BCUT2D eigenvalue weighted by atomic mass is 9.79. The summed E-state index contributed by atoms with van der Waals surface area (Å²) in [6, 6.07) is 15.4. The van der Waals surface area contributed by atoms with Gasteiger partial charge < -0.3 is 20.1 Å². The molecule has 2 amide bonds. The number of methoxy groups -OCH3 is 2. The third-order valence-electron chi connectivity index (χ3n) is 6.85. The monoisotopic (exact) mass is 466 g/mol. The van der Waals surface area contributed by atoms with E-state index in [2.05, 4.69) is 10.6 Å². The first-order chi connectivity index (χ1) is 16.1. The molecule has 1 aliphatic carbocycles. The number of para-hydroxylation sites is 2. The molecule has 0 heterocycles. The van der Waals surface area contributed by atoms with Gasteiger partial charge in [-0.3, -0.25) is 9.59 Å². The second-order valence-electron chi connectivity index (χ2n) is 10.2. The zero-order valence-electron chi connectivity index (χ0n) is 21.2. The number of hydrogen-bond donors (Lipinski definition) is 2. The SMILES string of the molecule is COc1ccccc1C(C)(C)NC(=O)C1CCCC(C(=O)NC(C)(C)c2ccccc2OC)C1. The van der Waals surface area contributed by atoms with E-state index in [4.69, 9.17) is 9.47 Å². The van der Waals surface area contributed by atoms with E-state index in [0.717, 1.165) is 41.9 Å². The maximum Gasteiger partial charge on any atom is 0.223 e. The average molecular weight is 467 g/mol. The van der Waals surface area contributed by atoms with Crippen molar-refractivity contribution in [2.75, 3.05) is 14.2 Å². The lowest BCUT2D eigenvalue weighted by Crippen LogP contribution is -2.48. The second-order valence-corrected chi connectivity index (χ2v) is 10.2. The van der Waals surface area contributed by atoms with E-state index in [-0.39, 0.29) is 23.7 Å². The molecule has 2 aromatic carbocycles. The topological polar surface area (TPSA) is 76.7 Å². The van der Waals surface area contributed by atoms with E-state index >= 15 is 0 Å². The largest absolute Gasteiger partial charge is 0.496 e. The van der Waals surface area contributed by atoms with Crippen LogP contribution in [0.25, 0.3) is 0 Å². The molecule has 0 bridgehead atoms. The maximum absolute atomic E-state index is 13.2. The fraction of sp³-hybridized carbons (Fsp3) is 0.500. The number of carbonyl (C=O) groups is 2. The molecule has 2 aromatic rings. The lowest BCUT2D eigenvalue weighted by Gasteiger charge is -2.35. The van der Waals surface area contributed by atoms with Crippen LogP contribution in [-0.4, -0.2) is 26.0 Å². The van der Waals surface area contributed by atoms with E-state index in [1.165, 1.54) is 0 Å². The van der Waals surface area contributed by atoms with E-state index in [1.807, 2.05) is 76.2 Å². The Bertz CT molecular complexity index is 935. The number of ether oxygens (including phenoxy) is 2. The van der Waals surface area contributed by atoms with Crippen LogP contribution in [0.2, 0.25) is 0 Å². The van der Waals surface area contributed by atoms with Crippen molar-refractivity contribution in [2.24, 2.45) is 11.8 Å². The summed E-state index contributed by atoms with van der Waals surface area (Å²) in [6.45, 7) is 7.91. The van der Waals surface area contributed by atoms with Crippen molar-refractivity contribution < 1.29 is 19.1 Å². The number of carbonyl (C=O) groups excluding carboxylic acids is 2. The predicted octanol–water partition coefficient (Wildman–Crippen LogP) is 4.91. The number of benzene rings is 2. The van der Waals surface area contributed by atoms with Crippen molar-refractivity contribution >= 4 is 11.8 Å². The predicted molar refractivity (Wildman–Crippen MR) is 134 cm³/mol. The van der Waals surface area contributed by atoms with Gasteiger partial charge in [0.15, 0.2) is 0 Å². The lowest BCUT2D eigenvalue weighted by molar-refractivity contribution is -0.132. The number of nitrogens with one attached hydrogen (secondary N) is 2. The van der Waals surface area contributed by atoms with Gasteiger partial charge in [-0.1, -0.05) is 42.8 Å². The van der Waals surface area contributed by atoms with Gasteiger partial charge in [0.1, 0.15) is 11.5 Å². The third kappa shape index (κ3) is 5.72. The van der Waals surface area contributed by atoms with Crippen LogP contribution in [0.3, 0.4) is 0 Å². The van der Waals surface area contributed by atoms with Crippen molar-refractivity contribution in [2.45, 2.75) is 64.5 Å². The van der Waals surface area contributed by atoms with Crippen LogP contribution >= 0.6 is 0 Å². The van der Waals surface area contributed by atoms with Crippen LogP contribution in [0.15, 0.2) is 48.5 Å². The molecule has 2 unspecified atom stereocenters. The molecule has 6 nitrogen and oxygen atoms in total. The minimum Gasteiger partial charge on any atom is -0.496 e. The highest BCUT2D eigenvalue weighted by Gasteiger charge is 2.36. The van der Waals surface area contributed by atoms with Crippen LogP contribution < -0.4 is 20.1 Å². The molecule has 0 aromatic heterocycles. The highest BCUT2D eigenvalue weighted by molar-refractivity contribution is 5.83. The summed E-state index contributed by atoms with van der Waals surface area (Å²) in [5, 5.41) is 6.40. The second kappa shape index (κ2) is 10.5. The molecule has 0 radical (unpaired) electrons. The maximum atomic E-state index is 13.2. The van der Waals surface area contributed by atoms with Gasteiger partial charge in [0, 0.05) is 23.0 Å². The fourth-order valence-corrected chi connectivity index (χ4v) is 4.94. The number of hydrogen-bond acceptors (Lipinski definition) is 4. The molecule has 184 valence electrons. The summed E-state index contributed by atoms with van der Waals surface area (Å²) in [5.74, 6) is 1.05. The van der Waals surface area contributed by atoms with Crippen molar-refractivity contribution in [3.05, 3.63) is 59.7 Å². The summed E-state index contributed by atoms with van der Waals surface area (Å²) in [5.41, 5.74) is 0.666. The quantitative estimate of drug-likeness (QED) is 0.579. The Balaban J connectivity index is 1.67. The molecular formula is C28H38N2O4. The Labute approximate surface area is 203 Å². The van der Waals surface area contributed by atoms with Crippen LogP contribution in [0.1, 0.15) is 64.5 Å². The van der Waals surface area contributed by atoms with Crippen molar-refractivity contribution in [1.29, 1.82) is 0 Å². The molecule has 2 N–H and O–H groups in total. The molecule has 2 atom stereocenters. The Morgan fingerprint density at radius 3 is 1.50 bits per heavy atom. The molecular weight excluding hydrogens is 428 g/mol. The van der Waals surface area contributed by atoms with Gasteiger partial charge in [0.25, 0.3) is 0 Å². The Morgan fingerprint density at radius 1 is 0.735 bits per heavy atom. The minimum atomic E-state index is -0.593. The van der Waals surface area contributed by atoms with Crippen LogP contribution in [0.5, 0.6) is 11.5 Å². The Hall–Kier alpha value is -3.02. The Morgan fingerprint density at radius 2 is 1.12 bits per heavy atom. The van der Waals surface area contributed by atoms with Crippen LogP contribution in [0, 0.1) is 11.8 Å². The van der Waals surface area contributed by atoms with Gasteiger partial charge in [0.2, 0.25) is 11.8 Å². The molecule has 1 saturated carbocycles. The average Bonchev–Trinajstić information content (AvgIpc) is 2.83. The molecule has 3 rings (SSSR count). The van der Waals surface area contributed by atoms with Crippen molar-refractivity contribution in [3.63, 3.8) is 0 Å². The van der Waals surface area contributed by atoms with Crippen molar-refractivity contribution in [1.82, 2.24) is 10.6 Å². The van der Waals surface area contributed by atoms with Crippen LogP contribution in [0.4, 0.5) is 0 Å². The minimum absolute atomic E-state index is 0.0163. The Kier molecular flexibility index (Phi) is 7.90. The summed E-state index contributed by atoms with van der Waals surface area (Å²) >= 11 is 0. The third-order valence-corrected chi connectivity index (χ3v) is 6.85. The highest BCUT2D eigenvalue weighted by atomic mass is 16.5. The zero-order valence-corrected chi connectivity index (χ0v) is 21.2. The smallest absolute Gasteiger partial charge is 0.223 e. The van der Waals surface area contributed by atoms with Gasteiger partial charge in [-0.2, -0.15) is 0 Å². The number of amides is 2. The van der Waals surface area contributed by atoms with E-state index < -0.39 is 11.1 Å². The number of rotatable bonds is 8. The zero-order chi connectivity index (χ0) is 24.9. The molecule has 0 aliphatic heterocycles. The summed E-state index contributed by atoms with van der Waals surface area (Å²) < 4.78 is 11.0.